The van der Waals surface area contributed by atoms with Gasteiger partial charge in [0.2, 0.25) is 0 Å². The van der Waals surface area contributed by atoms with E-state index in [0.717, 1.165) is 6.54 Å². The van der Waals surface area contributed by atoms with Crippen molar-refractivity contribution in [1.82, 2.24) is 19.9 Å². The number of pyridine rings is 1. The topological polar surface area (TPSA) is 42.7 Å². The number of imidazole rings is 1. The van der Waals surface area contributed by atoms with Gasteiger partial charge >= 0.3 is 0 Å². The third kappa shape index (κ3) is 2.54. The second-order valence-corrected chi connectivity index (χ2v) is 5.19. The first kappa shape index (κ1) is 12.4. The first-order valence-corrected chi connectivity index (χ1v) is 7.01. The molecule has 1 fully saturated rings. The molecule has 4 nitrogen and oxygen atoms in total. The Morgan fingerprint density at radius 3 is 3.00 bits per heavy atom. The summed E-state index contributed by atoms with van der Waals surface area (Å²) in [4.78, 5) is 8.55. The van der Waals surface area contributed by atoms with E-state index in [1.165, 1.54) is 30.5 Å². The summed E-state index contributed by atoms with van der Waals surface area (Å²) in [5.41, 5.74) is 2.51. The Morgan fingerprint density at radius 2 is 2.26 bits per heavy atom. The van der Waals surface area contributed by atoms with Gasteiger partial charge in [-0.05, 0) is 37.9 Å². The molecular formula is C15H20N4. The van der Waals surface area contributed by atoms with Crippen LogP contribution in [-0.2, 0) is 0 Å². The zero-order valence-electron chi connectivity index (χ0n) is 11.3. The maximum absolute atomic E-state index is 4.35. The van der Waals surface area contributed by atoms with Crippen molar-refractivity contribution >= 4 is 0 Å². The summed E-state index contributed by atoms with van der Waals surface area (Å²) in [6.07, 6.45) is 11.5. The molecule has 0 amide bonds. The Kier molecular flexibility index (Phi) is 3.60. The molecule has 0 aromatic carbocycles. The predicted octanol–water partition coefficient (Wildman–Crippen LogP) is 2.70. The lowest BCUT2D eigenvalue weighted by Gasteiger charge is -2.26. The summed E-state index contributed by atoms with van der Waals surface area (Å²) < 4.78 is 2.26. The van der Waals surface area contributed by atoms with Crippen LogP contribution in [0.25, 0.3) is 0 Å². The Hall–Kier alpha value is -1.68. The van der Waals surface area contributed by atoms with Crippen molar-refractivity contribution in [3.05, 3.63) is 48.3 Å². The summed E-state index contributed by atoms with van der Waals surface area (Å²) in [5.74, 6) is 0. The maximum Gasteiger partial charge on any atom is 0.0954 e. The summed E-state index contributed by atoms with van der Waals surface area (Å²) in [5, 5.41) is 3.59. The number of hydrogen-bond acceptors (Lipinski definition) is 3. The minimum absolute atomic E-state index is 0.273. The van der Waals surface area contributed by atoms with Gasteiger partial charge in [0.15, 0.2) is 0 Å². The van der Waals surface area contributed by atoms with Gasteiger partial charge in [0.1, 0.15) is 0 Å². The highest BCUT2D eigenvalue weighted by atomic mass is 15.1. The Bertz CT molecular complexity index is 514. The molecule has 1 saturated heterocycles. The maximum atomic E-state index is 4.35. The normalized spacial score (nSPS) is 21.2. The molecule has 4 heteroatoms. The van der Waals surface area contributed by atoms with Crippen LogP contribution >= 0.6 is 0 Å². The molecule has 0 saturated carbocycles. The van der Waals surface area contributed by atoms with Crippen LogP contribution in [0.2, 0.25) is 0 Å². The molecule has 0 bridgehead atoms. The van der Waals surface area contributed by atoms with Crippen LogP contribution in [0.15, 0.2) is 37.1 Å². The highest BCUT2D eigenvalue weighted by Gasteiger charge is 2.20. The fraction of sp³-hybridized carbons (Fsp3) is 0.467. The molecule has 1 aliphatic heterocycles. The van der Waals surface area contributed by atoms with E-state index in [-0.39, 0.29) is 6.04 Å². The van der Waals surface area contributed by atoms with Gasteiger partial charge in [0, 0.05) is 24.6 Å². The van der Waals surface area contributed by atoms with Gasteiger partial charge in [-0.3, -0.25) is 4.98 Å². The molecule has 100 valence electrons. The molecular weight excluding hydrogens is 236 g/mol. The first-order valence-electron chi connectivity index (χ1n) is 7.01. The van der Waals surface area contributed by atoms with Crippen LogP contribution in [0.5, 0.6) is 0 Å². The second kappa shape index (κ2) is 5.53. The third-order valence-corrected chi connectivity index (χ3v) is 3.95. The quantitative estimate of drug-likeness (QED) is 0.918. The van der Waals surface area contributed by atoms with Gasteiger partial charge in [0.25, 0.3) is 0 Å². The highest BCUT2D eigenvalue weighted by molar-refractivity contribution is 5.18. The number of nitrogens with one attached hydrogen (secondary N) is 1. The minimum atomic E-state index is 0.273. The van der Waals surface area contributed by atoms with Gasteiger partial charge in [-0.2, -0.15) is 0 Å². The highest BCUT2D eigenvalue weighted by Crippen LogP contribution is 2.27. The lowest BCUT2D eigenvalue weighted by atomic mass is 10.0. The second-order valence-electron chi connectivity index (χ2n) is 5.19. The third-order valence-electron chi connectivity index (χ3n) is 3.95. The van der Waals surface area contributed by atoms with Crippen LogP contribution in [-0.4, -0.2) is 21.1 Å². The largest absolute Gasteiger partial charge is 0.326 e. The smallest absolute Gasteiger partial charge is 0.0954 e. The van der Waals surface area contributed by atoms with Gasteiger partial charge < -0.3 is 9.88 Å². The summed E-state index contributed by atoms with van der Waals surface area (Å²) in [6, 6.07) is 4.82. The number of piperidine rings is 1. The van der Waals surface area contributed by atoms with Crippen LogP contribution < -0.4 is 5.32 Å². The van der Waals surface area contributed by atoms with E-state index in [0.29, 0.717) is 6.04 Å². The molecule has 2 aromatic heterocycles. The monoisotopic (exact) mass is 256 g/mol. The fourth-order valence-electron chi connectivity index (χ4n) is 2.80. The van der Waals surface area contributed by atoms with Crippen molar-refractivity contribution in [2.75, 3.05) is 6.54 Å². The lowest BCUT2D eigenvalue weighted by Crippen LogP contribution is -2.29. The van der Waals surface area contributed by atoms with Crippen molar-refractivity contribution in [3.8, 4) is 0 Å². The standard InChI is InChI=1S/C15H20N4/c1-12(13-5-4-7-16-9-13)19-11-17-10-15(19)14-6-2-3-8-18-14/h4-5,7,9-12,14,18H,2-3,6,8H2,1H3. The van der Waals surface area contributed by atoms with Crippen molar-refractivity contribution in [3.63, 3.8) is 0 Å². The first-order chi connectivity index (χ1) is 9.36. The van der Waals surface area contributed by atoms with E-state index >= 15 is 0 Å². The molecule has 2 unspecified atom stereocenters. The summed E-state index contributed by atoms with van der Waals surface area (Å²) in [7, 11) is 0. The Labute approximate surface area is 113 Å². The van der Waals surface area contributed by atoms with E-state index in [1.807, 2.05) is 31.0 Å². The zero-order chi connectivity index (χ0) is 13.1. The molecule has 2 aromatic rings. The van der Waals surface area contributed by atoms with Crippen LogP contribution in [0.1, 0.15) is 49.5 Å². The molecule has 3 rings (SSSR count). The average Bonchev–Trinajstić information content (AvgIpc) is 2.98. The molecule has 2 atom stereocenters. The summed E-state index contributed by atoms with van der Waals surface area (Å²) >= 11 is 0. The van der Waals surface area contributed by atoms with Gasteiger partial charge in [-0.1, -0.05) is 12.5 Å². The predicted molar refractivity (Wildman–Crippen MR) is 74.9 cm³/mol. The van der Waals surface area contributed by atoms with Crippen LogP contribution in [0.3, 0.4) is 0 Å². The number of rotatable bonds is 3. The van der Waals surface area contributed by atoms with E-state index in [9.17, 15) is 0 Å². The molecule has 3 heterocycles. The van der Waals surface area contributed by atoms with Gasteiger partial charge in [-0.25, -0.2) is 4.98 Å². The Balaban J connectivity index is 1.87. The van der Waals surface area contributed by atoms with Crippen molar-refractivity contribution < 1.29 is 0 Å². The van der Waals surface area contributed by atoms with E-state index < -0.39 is 0 Å². The van der Waals surface area contributed by atoms with E-state index in [4.69, 9.17) is 0 Å². The van der Waals surface area contributed by atoms with E-state index in [1.54, 1.807) is 0 Å². The van der Waals surface area contributed by atoms with Gasteiger partial charge in [-0.15, -0.1) is 0 Å². The lowest BCUT2D eigenvalue weighted by molar-refractivity contribution is 0.389. The SMILES string of the molecule is CC(c1cccnc1)n1cncc1C1CCCCN1. The molecule has 0 radical (unpaired) electrons. The average molecular weight is 256 g/mol. The zero-order valence-corrected chi connectivity index (χ0v) is 11.3. The van der Waals surface area contributed by atoms with Crippen LogP contribution in [0, 0.1) is 0 Å². The van der Waals surface area contributed by atoms with E-state index in [2.05, 4.69) is 32.8 Å². The number of aromatic nitrogens is 3. The van der Waals surface area contributed by atoms with Crippen molar-refractivity contribution in [2.24, 2.45) is 0 Å². The molecule has 19 heavy (non-hydrogen) atoms. The molecule has 1 N–H and O–H groups in total. The fourth-order valence-corrected chi connectivity index (χ4v) is 2.80. The summed E-state index contributed by atoms with van der Waals surface area (Å²) in [6.45, 7) is 3.31. The van der Waals surface area contributed by atoms with Crippen LogP contribution in [0.4, 0.5) is 0 Å². The minimum Gasteiger partial charge on any atom is -0.326 e. The molecule has 0 aliphatic carbocycles. The Morgan fingerprint density at radius 1 is 1.32 bits per heavy atom. The van der Waals surface area contributed by atoms with Crippen molar-refractivity contribution in [1.29, 1.82) is 0 Å². The van der Waals surface area contributed by atoms with Gasteiger partial charge in [0.05, 0.1) is 18.1 Å². The number of hydrogen-bond donors (Lipinski definition) is 1. The number of nitrogens with zero attached hydrogens (tertiary/aromatic N) is 3. The molecule has 1 aliphatic rings. The molecule has 0 spiro atoms. The van der Waals surface area contributed by atoms with Crippen molar-refractivity contribution in [2.45, 2.75) is 38.3 Å².